The Labute approximate surface area is 132 Å². The number of rotatable bonds is 7. The van der Waals surface area contributed by atoms with Gasteiger partial charge in [-0.05, 0) is 39.1 Å². The van der Waals surface area contributed by atoms with E-state index in [-0.39, 0.29) is 11.9 Å². The standard InChI is InChI=1S/C16H26ClN3O/c1-5-10-16(2,18)15(21)19-11-14(20(3)4)12-8-6-7-9-13(12)17/h6-9,14H,5,10-11,18H2,1-4H3,(H,19,21). The summed E-state index contributed by atoms with van der Waals surface area (Å²) in [5, 5.41) is 3.65. The average molecular weight is 312 g/mol. The quantitative estimate of drug-likeness (QED) is 0.813. The van der Waals surface area contributed by atoms with Gasteiger partial charge >= 0.3 is 0 Å². The molecule has 4 nitrogen and oxygen atoms in total. The summed E-state index contributed by atoms with van der Waals surface area (Å²) in [7, 11) is 3.93. The Kier molecular flexibility index (Phi) is 6.65. The van der Waals surface area contributed by atoms with Crippen LogP contribution in [-0.4, -0.2) is 37.0 Å². The number of nitrogens with two attached hydrogens (primary N) is 1. The van der Waals surface area contributed by atoms with Gasteiger partial charge in [-0.2, -0.15) is 0 Å². The molecule has 2 atom stereocenters. The molecule has 2 unspecified atom stereocenters. The maximum absolute atomic E-state index is 12.2. The first kappa shape index (κ1) is 18.0. The molecular formula is C16H26ClN3O. The number of halogens is 1. The Morgan fingerprint density at radius 2 is 2.05 bits per heavy atom. The van der Waals surface area contributed by atoms with Crippen LogP contribution in [0.2, 0.25) is 5.02 Å². The highest BCUT2D eigenvalue weighted by Gasteiger charge is 2.28. The number of nitrogens with zero attached hydrogens (tertiary/aromatic N) is 1. The van der Waals surface area contributed by atoms with Gasteiger partial charge in [-0.3, -0.25) is 4.79 Å². The lowest BCUT2D eigenvalue weighted by Crippen LogP contribution is -2.52. The lowest BCUT2D eigenvalue weighted by molar-refractivity contribution is -0.126. The van der Waals surface area contributed by atoms with Crippen LogP contribution in [0.5, 0.6) is 0 Å². The largest absolute Gasteiger partial charge is 0.353 e. The summed E-state index contributed by atoms with van der Waals surface area (Å²) in [6.45, 7) is 4.27. The van der Waals surface area contributed by atoms with E-state index in [1.807, 2.05) is 50.2 Å². The molecule has 0 saturated carbocycles. The maximum atomic E-state index is 12.2. The number of carbonyl (C=O) groups excluding carboxylic acids is 1. The highest BCUT2D eigenvalue weighted by atomic mass is 35.5. The number of likely N-dealkylation sites (N-methyl/N-ethyl adjacent to an activating group) is 1. The maximum Gasteiger partial charge on any atom is 0.239 e. The molecule has 118 valence electrons. The predicted octanol–water partition coefficient (Wildman–Crippen LogP) is 2.58. The molecule has 0 saturated heterocycles. The molecule has 21 heavy (non-hydrogen) atoms. The van der Waals surface area contributed by atoms with Crippen molar-refractivity contribution in [3.63, 3.8) is 0 Å². The van der Waals surface area contributed by atoms with Crippen molar-refractivity contribution >= 4 is 17.5 Å². The fourth-order valence-electron chi connectivity index (χ4n) is 2.34. The van der Waals surface area contributed by atoms with E-state index in [4.69, 9.17) is 17.3 Å². The molecular weight excluding hydrogens is 286 g/mol. The van der Waals surface area contributed by atoms with Crippen molar-refractivity contribution in [3.05, 3.63) is 34.9 Å². The topological polar surface area (TPSA) is 58.4 Å². The van der Waals surface area contributed by atoms with Crippen molar-refractivity contribution in [1.82, 2.24) is 10.2 Å². The van der Waals surface area contributed by atoms with Crippen molar-refractivity contribution in [3.8, 4) is 0 Å². The first-order valence-electron chi connectivity index (χ1n) is 7.27. The number of carbonyl (C=O) groups is 1. The predicted molar refractivity (Wildman–Crippen MR) is 88.4 cm³/mol. The summed E-state index contributed by atoms with van der Waals surface area (Å²) >= 11 is 6.25. The smallest absolute Gasteiger partial charge is 0.239 e. The second-order valence-corrected chi connectivity index (χ2v) is 6.29. The molecule has 0 bridgehead atoms. The molecule has 0 aliphatic carbocycles. The molecule has 3 N–H and O–H groups in total. The SMILES string of the molecule is CCCC(C)(N)C(=O)NCC(c1ccccc1Cl)N(C)C. The number of hydrogen-bond acceptors (Lipinski definition) is 3. The summed E-state index contributed by atoms with van der Waals surface area (Å²) in [5.41, 5.74) is 6.22. The van der Waals surface area contributed by atoms with Crippen molar-refractivity contribution in [2.45, 2.75) is 38.3 Å². The molecule has 0 radical (unpaired) electrons. The summed E-state index contributed by atoms with van der Waals surface area (Å²) in [5.74, 6) is -0.122. The number of amides is 1. The van der Waals surface area contributed by atoms with E-state index in [2.05, 4.69) is 5.32 Å². The zero-order chi connectivity index (χ0) is 16.0. The minimum absolute atomic E-state index is 0.0140. The van der Waals surface area contributed by atoms with Crippen LogP contribution in [-0.2, 0) is 4.79 Å². The van der Waals surface area contributed by atoms with Gasteiger partial charge in [0.25, 0.3) is 0 Å². The van der Waals surface area contributed by atoms with Gasteiger partial charge < -0.3 is 16.0 Å². The summed E-state index contributed by atoms with van der Waals surface area (Å²) in [6, 6.07) is 7.70. The Morgan fingerprint density at radius 1 is 1.43 bits per heavy atom. The first-order chi connectivity index (χ1) is 9.79. The second kappa shape index (κ2) is 7.78. The van der Waals surface area contributed by atoms with E-state index in [1.54, 1.807) is 6.92 Å². The molecule has 1 aromatic carbocycles. The highest BCUT2D eigenvalue weighted by Crippen LogP contribution is 2.25. The summed E-state index contributed by atoms with van der Waals surface area (Å²) in [6.07, 6.45) is 1.54. The number of hydrogen-bond donors (Lipinski definition) is 2. The van der Waals surface area contributed by atoms with Crippen molar-refractivity contribution < 1.29 is 4.79 Å². The fourth-order valence-corrected chi connectivity index (χ4v) is 2.60. The Morgan fingerprint density at radius 3 is 2.57 bits per heavy atom. The molecule has 1 aromatic rings. The molecule has 0 aliphatic heterocycles. The molecule has 0 spiro atoms. The van der Waals surface area contributed by atoms with Gasteiger partial charge in [-0.15, -0.1) is 0 Å². The Balaban J connectivity index is 2.78. The minimum Gasteiger partial charge on any atom is -0.353 e. The van der Waals surface area contributed by atoms with E-state index in [9.17, 15) is 4.79 Å². The average Bonchev–Trinajstić information content (AvgIpc) is 2.40. The van der Waals surface area contributed by atoms with Gasteiger partial charge in [0.1, 0.15) is 0 Å². The van der Waals surface area contributed by atoms with E-state index >= 15 is 0 Å². The minimum atomic E-state index is -0.827. The van der Waals surface area contributed by atoms with Gasteiger partial charge in [0.2, 0.25) is 5.91 Å². The Bertz CT molecular complexity index is 474. The summed E-state index contributed by atoms with van der Waals surface area (Å²) < 4.78 is 0. The van der Waals surface area contributed by atoms with E-state index < -0.39 is 5.54 Å². The molecule has 0 aliphatic rings. The van der Waals surface area contributed by atoms with Crippen molar-refractivity contribution in [1.29, 1.82) is 0 Å². The van der Waals surface area contributed by atoms with E-state index in [0.29, 0.717) is 18.0 Å². The zero-order valence-electron chi connectivity index (χ0n) is 13.3. The van der Waals surface area contributed by atoms with Crippen LogP contribution >= 0.6 is 11.6 Å². The molecule has 0 aromatic heterocycles. The second-order valence-electron chi connectivity index (χ2n) is 5.88. The van der Waals surface area contributed by atoms with Gasteiger partial charge in [-0.1, -0.05) is 43.1 Å². The Hall–Kier alpha value is -1.10. The summed E-state index contributed by atoms with van der Waals surface area (Å²) in [4.78, 5) is 14.2. The first-order valence-corrected chi connectivity index (χ1v) is 7.65. The van der Waals surface area contributed by atoms with Crippen LogP contribution in [0.4, 0.5) is 0 Å². The van der Waals surface area contributed by atoms with Gasteiger partial charge in [-0.25, -0.2) is 0 Å². The van der Waals surface area contributed by atoms with Crippen molar-refractivity contribution in [2.75, 3.05) is 20.6 Å². The molecule has 5 heteroatoms. The van der Waals surface area contributed by atoms with Gasteiger partial charge in [0, 0.05) is 11.6 Å². The van der Waals surface area contributed by atoms with Crippen LogP contribution in [0.25, 0.3) is 0 Å². The van der Waals surface area contributed by atoms with Crippen molar-refractivity contribution in [2.24, 2.45) is 5.73 Å². The van der Waals surface area contributed by atoms with Crippen LogP contribution in [0.3, 0.4) is 0 Å². The third kappa shape index (κ3) is 4.99. The van der Waals surface area contributed by atoms with Crippen LogP contribution < -0.4 is 11.1 Å². The van der Waals surface area contributed by atoms with E-state index in [1.165, 1.54) is 0 Å². The lowest BCUT2D eigenvalue weighted by atomic mass is 9.96. The van der Waals surface area contributed by atoms with Crippen LogP contribution in [0.1, 0.15) is 38.3 Å². The third-order valence-electron chi connectivity index (χ3n) is 3.63. The lowest BCUT2D eigenvalue weighted by Gasteiger charge is -2.29. The number of nitrogens with one attached hydrogen (secondary N) is 1. The molecule has 1 rings (SSSR count). The fraction of sp³-hybridized carbons (Fsp3) is 0.562. The molecule has 0 heterocycles. The van der Waals surface area contributed by atoms with Crippen LogP contribution in [0.15, 0.2) is 24.3 Å². The molecule has 0 fully saturated rings. The normalized spacial score (nSPS) is 15.6. The van der Waals surface area contributed by atoms with Gasteiger partial charge in [0.05, 0.1) is 11.6 Å². The monoisotopic (exact) mass is 311 g/mol. The highest BCUT2D eigenvalue weighted by molar-refractivity contribution is 6.31. The molecule has 1 amide bonds. The third-order valence-corrected chi connectivity index (χ3v) is 3.98. The zero-order valence-corrected chi connectivity index (χ0v) is 14.1. The van der Waals surface area contributed by atoms with Crippen LogP contribution in [0, 0.1) is 0 Å². The van der Waals surface area contributed by atoms with E-state index in [0.717, 1.165) is 12.0 Å². The number of benzene rings is 1. The van der Waals surface area contributed by atoms with Gasteiger partial charge in [0.15, 0.2) is 0 Å².